The molecule has 1 aromatic heterocycles. The molecule has 2 saturated heterocycles. The van der Waals surface area contributed by atoms with Crippen LogP contribution in [0.15, 0.2) is 22.7 Å². The van der Waals surface area contributed by atoms with Gasteiger partial charge in [0.1, 0.15) is 5.69 Å². The van der Waals surface area contributed by atoms with E-state index < -0.39 is 5.92 Å². The van der Waals surface area contributed by atoms with Crippen LogP contribution in [0.2, 0.25) is 0 Å². The van der Waals surface area contributed by atoms with Gasteiger partial charge in [0.25, 0.3) is 0 Å². The predicted molar refractivity (Wildman–Crippen MR) is 93.4 cm³/mol. The van der Waals surface area contributed by atoms with Crippen LogP contribution in [0.5, 0.6) is 0 Å². The molecule has 1 aromatic carbocycles. The van der Waals surface area contributed by atoms with E-state index in [2.05, 4.69) is 33.7 Å². The maximum Gasteiger partial charge on any atom is 0.235 e. The molecule has 1 unspecified atom stereocenters. The Hall–Kier alpha value is -2.41. The van der Waals surface area contributed by atoms with Crippen molar-refractivity contribution in [3.63, 3.8) is 0 Å². The Morgan fingerprint density at radius 3 is 2.96 bits per heavy atom. The second-order valence-electron chi connectivity index (χ2n) is 6.83. The summed E-state index contributed by atoms with van der Waals surface area (Å²) in [5, 5.41) is 10.7. The molecule has 3 heterocycles. The van der Waals surface area contributed by atoms with Gasteiger partial charge in [-0.25, -0.2) is 0 Å². The fourth-order valence-corrected chi connectivity index (χ4v) is 3.61. The minimum absolute atomic E-state index is 0.221. The topological polar surface area (TPSA) is 87.5 Å². The summed E-state index contributed by atoms with van der Waals surface area (Å²) in [5.74, 6) is -0.242. The molecule has 0 saturated carbocycles. The van der Waals surface area contributed by atoms with E-state index in [4.69, 9.17) is 4.52 Å². The standard InChI is InChI=1S/C18H22N4O3/c1-2-19-8-11-9-22(10-11)12-3-4-13-15(7-12)25-21-17(13)14-5-6-16(23)20-18(14)24/h3-4,7,11,14,19H,2,5-6,8-10H2,1H3,(H,20,23,24). The number of piperidine rings is 1. The SMILES string of the molecule is CCNCC1CN(c2ccc3c(C4CCC(=O)NC4=O)noc3c2)C1. The highest BCUT2D eigenvalue weighted by molar-refractivity contribution is 6.02. The normalized spacial score (nSPS) is 21.5. The molecule has 0 aliphatic carbocycles. The van der Waals surface area contributed by atoms with Crippen molar-refractivity contribution in [3.8, 4) is 0 Å². The van der Waals surface area contributed by atoms with Gasteiger partial charge >= 0.3 is 0 Å². The third-order valence-corrected chi connectivity index (χ3v) is 5.06. The van der Waals surface area contributed by atoms with Crippen LogP contribution in [0.4, 0.5) is 5.69 Å². The Bertz CT molecular complexity index is 810. The summed E-state index contributed by atoms with van der Waals surface area (Å²) in [4.78, 5) is 25.7. The summed E-state index contributed by atoms with van der Waals surface area (Å²) in [5.41, 5.74) is 2.43. The van der Waals surface area contributed by atoms with E-state index in [9.17, 15) is 9.59 Å². The molecule has 132 valence electrons. The van der Waals surface area contributed by atoms with E-state index in [-0.39, 0.29) is 11.8 Å². The number of hydrogen-bond donors (Lipinski definition) is 2. The first kappa shape index (κ1) is 16.1. The van der Waals surface area contributed by atoms with Crippen LogP contribution in [0.25, 0.3) is 11.0 Å². The number of amides is 2. The van der Waals surface area contributed by atoms with Crippen LogP contribution in [0.3, 0.4) is 0 Å². The second kappa shape index (κ2) is 6.48. The highest BCUT2D eigenvalue weighted by atomic mass is 16.5. The molecule has 0 radical (unpaired) electrons. The number of nitrogens with zero attached hydrogens (tertiary/aromatic N) is 2. The van der Waals surface area contributed by atoms with Gasteiger partial charge in [-0.2, -0.15) is 0 Å². The third-order valence-electron chi connectivity index (χ3n) is 5.06. The molecule has 1 atom stereocenters. The number of carbonyl (C=O) groups is 2. The fourth-order valence-electron chi connectivity index (χ4n) is 3.61. The van der Waals surface area contributed by atoms with Crippen molar-refractivity contribution in [1.82, 2.24) is 15.8 Å². The molecule has 25 heavy (non-hydrogen) atoms. The summed E-state index contributed by atoms with van der Waals surface area (Å²) in [6, 6.07) is 6.01. The van der Waals surface area contributed by atoms with Gasteiger partial charge in [-0.05, 0) is 25.1 Å². The minimum Gasteiger partial charge on any atom is -0.371 e. The van der Waals surface area contributed by atoms with Crippen molar-refractivity contribution in [1.29, 1.82) is 0 Å². The van der Waals surface area contributed by atoms with Gasteiger partial charge < -0.3 is 14.7 Å². The highest BCUT2D eigenvalue weighted by Crippen LogP contribution is 2.33. The Balaban J connectivity index is 1.50. The van der Waals surface area contributed by atoms with Crippen molar-refractivity contribution < 1.29 is 14.1 Å². The quantitative estimate of drug-likeness (QED) is 0.799. The van der Waals surface area contributed by atoms with Crippen LogP contribution in [0, 0.1) is 5.92 Å². The van der Waals surface area contributed by atoms with Crippen LogP contribution in [0.1, 0.15) is 31.4 Å². The van der Waals surface area contributed by atoms with Crippen molar-refractivity contribution in [2.24, 2.45) is 5.92 Å². The van der Waals surface area contributed by atoms with E-state index in [1.807, 2.05) is 12.1 Å². The average molecular weight is 342 g/mol. The molecular formula is C18H22N4O3. The summed E-state index contributed by atoms with van der Waals surface area (Å²) in [7, 11) is 0. The number of imide groups is 1. The minimum atomic E-state index is -0.418. The number of carbonyl (C=O) groups excluding carboxylic acids is 2. The zero-order valence-corrected chi connectivity index (χ0v) is 14.2. The molecule has 0 spiro atoms. The molecule has 2 amide bonds. The lowest BCUT2D eigenvalue weighted by atomic mass is 9.92. The van der Waals surface area contributed by atoms with Gasteiger partial charge in [0.2, 0.25) is 11.8 Å². The lowest BCUT2D eigenvalue weighted by Gasteiger charge is -2.41. The number of nitrogens with one attached hydrogen (secondary N) is 2. The molecule has 7 heteroatoms. The first-order valence-corrected chi connectivity index (χ1v) is 8.84. The van der Waals surface area contributed by atoms with Gasteiger partial charge in [-0.1, -0.05) is 12.1 Å². The molecule has 4 rings (SSSR count). The van der Waals surface area contributed by atoms with Gasteiger partial charge in [0.05, 0.1) is 5.92 Å². The van der Waals surface area contributed by atoms with Crippen molar-refractivity contribution in [3.05, 3.63) is 23.9 Å². The molecule has 2 aromatic rings. The molecular weight excluding hydrogens is 320 g/mol. The maximum absolute atomic E-state index is 12.1. The van der Waals surface area contributed by atoms with E-state index in [1.165, 1.54) is 0 Å². The number of hydrogen-bond acceptors (Lipinski definition) is 6. The number of aromatic nitrogens is 1. The van der Waals surface area contributed by atoms with Crippen LogP contribution in [-0.2, 0) is 9.59 Å². The lowest BCUT2D eigenvalue weighted by Crippen LogP contribution is -2.50. The molecule has 7 nitrogen and oxygen atoms in total. The zero-order chi connectivity index (χ0) is 17.4. The predicted octanol–water partition coefficient (Wildman–Crippen LogP) is 1.39. The molecule has 2 aliphatic heterocycles. The van der Waals surface area contributed by atoms with Crippen LogP contribution >= 0.6 is 0 Å². The summed E-state index contributed by atoms with van der Waals surface area (Å²) < 4.78 is 5.47. The fraction of sp³-hybridized carbons (Fsp3) is 0.500. The Kier molecular flexibility index (Phi) is 4.17. The third kappa shape index (κ3) is 3.00. The summed E-state index contributed by atoms with van der Waals surface area (Å²) in [6.07, 6.45) is 0.816. The summed E-state index contributed by atoms with van der Waals surface area (Å²) >= 11 is 0. The highest BCUT2D eigenvalue weighted by Gasteiger charge is 2.32. The maximum atomic E-state index is 12.1. The molecule has 2 N–H and O–H groups in total. The lowest BCUT2D eigenvalue weighted by molar-refractivity contribution is -0.134. The number of benzene rings is 1. The Labute approximate surface area is 145 Å². The van der Waals surface area contributed by atoms with Crippen LogP contribution < -0.4 is 15.5 Å². The Morgan fingerprint density at radius 1 is 1.36 bits per heavy atom. The van der Waals surface area contributed by atoms with Gasteiger partial charge in [-0.15, -0.1) is 0 Å². The van der Waals surface area contributed by atoms with E-state index in [1.54, 1.807) is 0 Å². The zero-order valence-electron chi connectivity index (χ0n) is 14.2. The van der Waals surface area contributed by atoms with Crippen molar-refractivity contribution >= 4 is 28.5 Å². The first-order valence-electron chi connectivity index (χ1n) is 8.84. The van der Waals surface area contributed by atoms with Crippen molar-refractivity contribution in [2.75, 3.05) is 31.1 Å². The molecule has 2 fully saturated rings. The summed E-state index contributed by atoms with van der Waals surface area (Å²) in [6.45, 7) is 6.24. The van der Waals surface area contributed by atoms with E-state index in [0.29, 0.717) is 30.0 Å². The number of anilines is 1. The number of rotatable bonds is 5. The molecule has 2 aliphatic rings. The largest absolute Gasteiger partial charge is 0.371 e. The number of fused-ring (bicyclic) bond motifs is 1. The monoisotopic (exact) mass is 342 g/mol. The van der Waals surface area contributed by atoms with Crippen LogP contribution in [-0.4, -0.2) is 43.2 Å². The van der Waals surface area contributed by atoms with E-state index >= 15 is 0 Å². The van der Waals surface area contributed by atoms with Gasteiger partial charge in [0.15, 0.2) is 5.58 Å². The smallest absolute Gasteiger partial charge is 0.235 e. The average Bonchev–Trinajstić information content (AvgIpc) is 2.96. The van der Waals surface area contributed by atoms with Crippen molar-refractivity contribution in [2.45, 2.75) is 25.7 Å². The Morgan fingerprint density at radius 2 is 2.20 bits per heavy atom. The first-order chi connectivity index (χ1) is 12.2. The van der Waals surface area contributed by atoms with Gasteiger partial charge in [-0.3, -0.25) is 14.9 Å². The van der Waals surface area contributed by atoms with E-state index in [0.717, 1.165) is 37.3 Å². The second-order valence-corrected chi connectivity index (χ2v) is 6.83. The molecule has 0 bridgehead atoms. The van der Waals surface area contributed by atoms with Gasteiger partial charge in [0, 0.05) is 49.1 Å².